The Bertz CT molecular complexity index is 244. The Balaban J connectivity index is 4.22. The van der Waals surface area contributed by atoms with Crippen LogP contribution in [0.5, 0.6) is 0 Å². The number of sulfone groups is 1. The summed E-state index contributed by atoms with van der Waals surface area (Å²) >= 11 is 0. The van der Waals surface area contributed by atoms with Crippen LogP contribution in [0.3, 0.4) is 0 Å². The van der Waals surface area contributed by atoms with E-state index in [1.54, 1.807) is 6.92 Å². The largest absolute Gasteiger partial charge is 0.497 e. The molecule has 0 aromatic rings. The second-order valence-electron chi connectivity index (χ2n) is 2.62. The van der Waals surface area contributed by atoms with Crippen LogP contribution < -0.4 is 0 Å². The number of hydrogen-bond donors (Lipinski definition) is 1. The molecule has 13 heavy (non-hydrogen) atoms. The molecule has 0 aliphatic rings. The predicted molar refractivity (Wildman–Crippen MR) is 40.8 cm³/mol. The molecule has 1 N–H and O–H groups in total. The number of halogens is 3. The van der Waals surface area contributed by atoms with Crippen LogP contribution in [0, 0.1) is 0 Å². The van der Waals surface area contributed by atoms with Gasteiger partial charge in [0.15, 0.2) is 0 Å². The molecule has 3 nitrogen and oxygen atoms in total. The van der Waals surface area contributed by atoms with Crippen LogP contribution in [-0.2, 0) is 9.84 Å². The molecular weight excluding hydrogens is 209 g/mol. The first-order valence-electron chi connectivity index (χ1n) is 3.67. The van der Waals surface area contributed by atoms with Crippen LogP contribution in [0.4, 0.5) is 13.2 Å². The molecule has 0 aliphatic heterocycles. The average Bonchev–Trinajstić information content (AvgIpc) is 1.98. The van der Waals surface area contributed by atoms with E-state index >= 15 is 0 Å². The van der Waals surface area contributed by atoms with Crippen molar-refractivity contribution in [1.29, 1.82) is 0 Å². The zero-order valence-corrected chi connectivity index (χ0v) is 7.82. The Morgan fingerprint density at radius 1 is 1.38 bits per heavy atom. The van der Waals surface area contributed by atoms with Crippen molar-refractivity contribution in [3.05, 3.63) is 0 Å². The van der Waals surface area contributed by atoms with E-state index in [-0.39, 0.29) is 12.8 Å². The highest BCUT2D eigenvalue weighted by Gasteiger charge is 2.44. The first-order chi connectivity index (χ1) is 5.70. The summed E-state index contributed by atoms with van der Waals surface area (Å²) in [7, 11) is -5.06. The molecule has 0 aromatic heterocycles. The summed E-state index contributed by atoms with van der Waals surface area (Å²) in [6, 6.07) is 0. The van der Waals surface area contributed by atoms with Crippen LogP contribution in [-0.4, -0.2) is 30.9 Å². The van der Waals surface area contributed by atoms with Crippen molar-refractivity contribution in [2.45, 2.75) is 31.4 Å². The SMILES string of the molecule is CCC(O)CCS(=O)(=O)C(F)(F)F. The third-order valence-corrected chi connectivity index (χ3v) is 3.02. The predicted octanol–water partition coefficient (Wildman–Crippen LogP) is 1.08. The molecule has 7 heteroatoms. The highest BCUT2D eigenvalue weighted by atomic mass is 32.2. The quantitative estimate of drug-likeness (QED) is 0.771. The van der Waals surface area contributed by atoms with Gasteiger partial charge in [-0.3, -0.25) is 0 Å². The summed E-state index contributed by atoms with van der Waals surface area (Å²) in [5.74, 6) is -1.05. The van der Waals surface area contributed by atoms with Gasteiger partial charge >= 0.3 is 5.51 Å². The van der Waals surface area contributed by atoms with E-state index in [2.05, 4.69) is 0 Å². The topological polar surface area (TPSA) is 54.4 Å². The van der Waals surface area contributed by atoms with E-state index < -0.39 is 27.2 Å². The van der Waals surface area contributed by atoms with Crippen molar-refractivity contribution >= 4 is 9.84 Å². The van der Waals surface area contributed by atoms with Crippen molar-refractivity contribution < 1.29 is 26.7 Å². The fourth-order valence-corrected chi connectivity index (χ4v) is 1.42. The molecule has 0 heterocycles. The Hall–Kier alpha value is -0.300. The molecule has 0 rings (SSSR count). The smallest absolute Gasteiger partial charge is 0.393 e. The highest BCUT2D eigenvalue weighted by molar-refractivity contribution is 7.92. The van der Waals surface area contributed by atoms with E-state index in [4.69, 9.17) is 5.11 Å². The van der Waals surface area contributed by atoms with Gasteiger partial charge in [-0.15, -0.1) is 0 Å². The van der Waals surface area contributed by atoms with E-state index in [0.29, 0.717) is 0 Å². The van der Waals surface area contributed by atoms with Crippen LogP contribution >= 0.6 is 0 Å². The summed E-state index contributed by atoms with van der Waals surface area (Å²) in [5, 5.41) is 8.86. The second-order valence-corrected chi connectivity index (χ2v) is 4.72. The van der Waals surface area contributed by atoms with Crippen molar-refractivity contribution in [2.24, 2.45) is 0 Å². The maximum Gasteiger partial charge on any atom is 0.497 e. The third-order valence-electron chi connectivity index (χ3n) is 1.54. The monoisotopic (exact) mass is 220 g/mol. The number of aliphatic hydroxyl groups is 1. The summed E-state index contributed by atoms with van der Waals surface area (Å²) in [4.78, 5) is 0. The molecule has 0 spiro atoms. The summed E-state index contributed by atoms with van der Waals surface area (Å²) in [5.41, 5.74) is -5.21. The average molecular weight is 220 g/mol. The Kier molecular flexibility index (Phi) is 4.18. The zero-order chi connectivity index (χ0) is 10.7. The lowest BCUT2D eigenvalue weighted by Gasteiger charge is -2.10. The molecular formula is C6H11F3O3S. The van der Waals surface area contributed by atoms with Crippen molar-refractivity contribution in [3.63, 3.8) is 0 Å². The number of aliphatic hydroxyl groups excluding tert-OH is 1. The standard InChI is InChI=1S/C6H11F3O3S/c1-2-5(10)3-4-13(11,12)6(7,8)9/h5,10H,2-4H2,1H3. The van der Waals surface area contributed by atoms with Gasteiger partial charge in [0.05, 0.1) is 11.9 Å². The van der Waals surface area contributed by atoms with E-state index in [1.807, 2.05) is 0 Å². The van der Waals surface area contributed by atoms with Gasteiger partial charge in [0.25, 0.3) is 0 Å². The molecule has 1 atom stereocenters. The molecule has 0 saturated carbocycles. The molecule has 80 valence electrons. The van der Waals surface area contributed by atoms with Crippen LogP contribution in [0.2, 0.25) is 0 Å². The van der Waals surface area contributed by atoms with E-state index in [9.17, 15) is 21.6 Å². The highest BCUT2D eigenvalue weighted by Crippen LogP contribution is 2.24. The maximum absolute atomic E-state index is 11.7. The molecule has 0 aliphatic carbocycles. The zero-order valence-electron chi connectivity index (χ0n) is 7.00. The Morgan fingerprint density at radius 3 is 2.15 bits per heavy atom. The fourth-order valence-electron chi connectivity index (χ4n) is 0.611. The van der Waals surface area contributed by atoms with Gasteiger partial charge in [-0.1, -0.05) is 6.92 Å². The molecule has 0 fully saturated rings. The Morgan fingerprint density at radius 2 is 1.85 bits per heavy atom. The summed E-state index contributed by atoms with van der Waals surface area (Å²) in [6.07, 6.45) is -1.12. The minimum Gasteiger partial charge on any atom is -0.393 e. The lowest BCUT2D eigenvalue weighted by molar-refractivity contribution is -0.0437. The fraction of sp³-hybridized carbons (Fsp3) is 1.00. The lowest BCUT2D eigenvalue weighted by Crippen LogP contribution is -2.27. The van der Waals surface area contributed by atoms with Gasteiger partial charge in [0.1, 0.15) is 0 Å². The van der Waals surface area contributed by atoms with Crippen LogP contribution in [0.1, 0.15) is 19.8 Å². The second kappa shape index (κ2) is 4.28. The molecule has 0 radical (unpaired) electrons. The minimum atomic E-state index is -5.21. The minimum absolute atomic E-state index is 0.243. The summed E-state index contributed by atoms with van der Waals surface area (Å²) < 4.78 is 56.0. The van der Waals surface area contributed by atoms with Gasteiger partial charge < -0.3 is 5.11 Å². The third kappa shape index (κ3) is 3.95. The van der Waals surface area contributed by atoms with Gasteiger partial charge in [0, 0.05) is 0 Å². The first-order valence-corrected chi connectivity index (χ1v) is 5.33. The molecule has 1 unspecified atom stereocenters. The van der Waals surface area contributed by atoms with Crippen molar-refractivity contribution in [2.75, 3.05) is 5.75 Å². The van der Waals surface area contributed by atoms with Crippen molar-refractivity contribution in [1.82, 2.24) is 0 Å². The van der Waals surface area contributed by atoms with Crippen molar-refractivity contribution in [3.8, 4) is 0 Å². The van der Waals surface area contributed by atoms with E-state index in [1.165, 1.54) is 0 Å². The normalized spacial score (nSPS) is 15.8. The van der Waals surface area contributed by atoms with Gasteiger partial charge in [0.2, 0.25) is 9.84 Å². The summed E-state index contributed by atoms with van der Waals surface area (Å²) in [6.45, 7) is 1.56. The maximum atomic E-state index is 11.7. The molecule has 0 saturated heterocycles. The Labute approximate surface area is 74.5 Å². The van der Waals surface area contributed by atoms with Crippen LogP contribution in [0.25, 0.3) is 0 Å². The number of rotatable bonds is 4. The van der Waals surface area contributed by atoms with Gasteiger partial charge in [-0.25, -0.2) is 8.42 Å². The molecule has 0 bridgehead atoms. The van der Waals surface area contributed by atoms with Crippen LogP contribution in [0.15, 0.2) is 0 Å². The van der Waals surface area contributed by atoms with E-state index in [0.717, 1.165) is 0 Å². The number of hydrogen-bond acceptors (Lipinski definition) is 3. The van der Waals surface area contributed by atoms with Gasteiger partial charge in [-0.05, 0) is 12.8 Å². The van der Waals surface area contributed by atoms with Gasteiger partial charge in [-0.2, -0.15) is 13.2 Å². The lowest BCUT2D eigenvalue weighted by atomic mass is 10.2. The molecule has 0 aromatic carbocycles. The molecule has 0 amide bonds. The first kappa shape index (κ1) is 12.7. The number of alkyl halides is 3.